The second kappa shape index (κ2) is 3.50. The number of hydrogen-bond acceptors (Lipinski definition) is 2. The van der Waals surface area contributed by atoms with E-state index < -0.39 is 5.60 Å². The molecule has 0 aliphatic heterocycles. The molecule has 0 aliphatic rings. The highest BCUT2D eigenvalue weighted by atomic mass is 16.3. The van der Waals surface area contributed by atoms with Gasteiger partial charge >= 0.3 is 0 Å². The molecule has 0 aliphatic carbocycles. The highest BCUT2D eigenvalue weighted by Gasteiger charge is 2.27. The number of aryl methyl sites for hydroxylation is 1. The van der Waals surface area contributed by atoms with Crippen LogP contribution in [0, 0.1) is 5.92 Å². The predicted octanol–water partition coefficient (Wildman–Crippen LogP) is 1.67. The fraction of sp³-hybridized carbons (Fsp3) is 0.700. The number of nitrogens with zero attached hydrogens (tertiary/aromatic N) is 2. The fourth-order valence-electron chi connectivity index (χ4n) is 1.77. The van der Waals surface area contributed by atoms with Crippen LogP contribution in [0.1, 0.15) is 33.0 Å². The molecule has 0 aromatic carbocycles. The van der Waals surface area contributed by atoms with E-state index in [0.29, 0.717) is 5.92 Å². The van der Waals surface area contributed by atoms with Crippen LogP contribution in [-0.2, 0) is 12.6 Å². The Balaban J connectivity index is 2.87. The van der Waals surface area contributed by atoms with Gasteiger partial charge in [0.1, 0.15) is 11.4 Å². The van der Waals surface area contributed by atoms with E-state index in [2.05, 4.69) is 18.8 Å². The van der Waals surface area contributed by atoms with Crippen molar-refractivity contribution in [3.63, 3.8) is 0 Å². The molecule has 1 unspecified atom stereocenters. The van der Waals surface area contributed by atoms with Crippen LogP contribution < -0.4 is 0 Å². The van der Waals surface area contributed by atoms with Gasteiger partial charge in [-0.05, 0) is 19.3 Å². The molecule has 0 amide bonds. The molecular weight excluding hydrogens is 164 g/mol. The molecule has 1 aromatic rings. The molecule has 1 N–H and O–H groups in total. The monoisotopic (exact) mass is 182 g/mol. The molecule has 1 aromatic heterocycles. The highest BCUT2D eigenvalue weighted by molar-refractivity contribution is 5.02. The molecule has 0 bridgehead atoms. The van der Waals surface area contributed by atoms with Gasteiger partial charge in [-0.1, -0.05) is 13.8 Å². The molecule has 1 atom stereocenters. The van der Waals surface area contributed by atoms with E-state index in [4.69, 9.17) is 0 Å². The molecule has 0 saturated carbocycles. The van der Waals surface area contributed by atoms with Crippen LogP contribution in [0.3, 0.4) is 0 Å². The van der Waals surface area contributed by atoms with Gasteiger partial charge in [0.05, 0.1) is 0 Å². The van der Waals surface area contributed by atoms with Gasteiger partial charge in [0.25, 0.3) is 0 Å². The van der Waals surface area contributed by atoms with E-state index in [1.807, 2.05) is 24.7 Å². The van der Waals surface area contributed by atoms with Crippen LogP contribution in [0.25, 0.3) is 0 Å². The van der Waals surface area contributed by atoms with Crippen molar-refractivity contribution in [1.29, 1.82) is 0 Å². The minimum Gasteiger partial charge on any atom is -0.382 e. The summed E-state index contributed by atoms with van der Waals surface area (Å²) in [6.07, 6.45) is 4.30. The minimum atomic E-state index is -0.813. The average Bonchev–Trinajstić information content (AvgIpc) is 2.32. The Kier molecular flexibility index (Phi) is 2.76. The van der Waals surface area contributed by atoms with Gasteiger partial charge < -0.3 is 9.67 Å². The third kappa shape index (κ3) is 2.31. The number of imidazole rings is 1. The lowest BCUT2D eigenvalue weighted by molar-refractivity contribution is 0.0234. The van der Waals surface area contributed by atoms with Crippen LogP contribution in [-0.4, -0.2) is 14.7 Å². The second-order valence-electron chi connectivity index (χ2n) is 4.23. The molecule has 3 heteroatoms. The maximum atomic E-state index is 10.1. The first kappa shape index (κ1) is 10.3. The van der Waals surface area contributed by atoms with E-state index in [1.165, 1.54) is 0 Å². The Hall–Kier alpha value is -0.830. The summed E-state index contributed by atoms with van der Waals surface area (Å²) in [5.41, 5.74) is -0.813. The third-order valence-electron chi connectivity index (χ3n) is 2.11. The zero-order valence-electron chi connectivity index (χ0n) is 8.78. The summed E-state index contributed by atoms with van der Waals surface area (Å²) < 4.78 is 1.86. The van der Waals surface area contributed by atoms with Gasteiger partial charge in [-0.15, -0.1) is 0 Å². The summed E-state index contributed by atoms with van der Waals surface area (Å²) >= 11 is 0. The van der Waals surface area contributed by atoms with Crippen molar-refractivity contribution in [2.24, 2.45) is 13.0 Å². The van der Waals surface area contributed by atoms with Gasteiger partial charge in [-0.2, -0.15) is 0 Å². The van der Waals surface area contributed by atoms with Crippen molar-refractivity contribution in [1.82, 2.24) is 9.55 Å². The van der Waals surface area contributed by atoms with E-state index in [0.717, 1.165) is 12.2 Å². The van der Waals surface area contributed by atoms with E-state index in [9.17, 15) is 5.11 Å². The summed E-state index contributed by atoms with van der Waals surface area (Å²) in [7, 11) is 1.90. The largest absolute Gasteiger partial charge is 0.382 e. The second-order valence-corrected chi connectivity index (χ2v) is 4.23. The zero-order valence-corrected chi connectivity index (χ0v) is 8.78. The van der Waals surface area contributed by atoms with Gasteiger partial charge in [-0.3, -0.25) is 0 Å². The molecule has 1 rings (SSSR count). The van der Waals surface area contributed by atoms with Gasteiger partial charge in [0.2, 0.25) is 0 Å². The Labute approximate surface area is 79.4 Å². The third-order valence-corrected chi connectivity index (χ3v) is 2.11. The lowest BCUT2D eigenvalue weighted by atomic mass is 9.93. The quantitative estimate of drug-likeness (QED) is 0.772. The molecular formula is C10H18N2O. The van der Waals surface area contributed by atoms with Crippen molar-refractivity contribution in [2.45, 2.75) is 32.8 Å². The van der Waals surface area contributed by atoms with Gasteiger partial charge in [0, 0.05) is 19.4 Å². The van der Waals surface area contributed by atoms with Crippen LogP contribution >= 0.6 is 0 Å². The number of aliphatic hydroxyl groups is 1. The van der Waals surface area contributed by atoms with Crippen LogP contribution in [0.4, 0.5) is 0 Å². The molecule has 0 fully saturated rings. The normalized spacial score (nSPS) is 16.2. The number of aromatic nitrogens is 2. The van der Waals surface area contributed by atoms with Crippen molar-refractivity contribution in [3.8, 4) is 0 Å². The van der Waals surface area contributed by atoms with Crippen LogP contribution in [0.2, 0.25) is 0 Å². The van der Waals surface area contributed by atoms with E-state index in [1.54, 1.807) is 6.20 Å². The first-order valence-corrected chi connectivity index (χ1v) is 4.63. The first-order valence-electron chi connectivity index (χ1n) is 4.63. The SMILES string of the molecule is CC(C)CC(C)(O)c1nccn1C. The molecule has 0 saturated heterocycles. The Morgan fingerprint density at radius 3 is 2.62 bits per heavy atom. The molecule has 3 nitrogen and oxygen atoms in total. The van der Waals surface area contributed by atoms with Gasteiger partial charge in [-0.25, -0.2) is 4.98 Å². The minimum absolute atomic E-state index is 0.465. The molecule has 13 heavy (non-hydrogen) atoms. The van der Waals surface area contributed by atoms with Crippen LogP contribution in [0.5, 0.6) is 0 Å². The lowest BCUT2D eigenvalue weighted by Crippen LogP contribution is -2.27. The lowest BCUT2D eigenvalue weighted by Gasteiger charge is -2.24. The van der Waals surface area contributed by atoms with Gasteiger partial charge in [0.15, 0.2) is 0 Å². The smallest absolute Gasteiger partial charge is 0.140 e. The summed E-state index contributed by atoms with van der Waals surface area (Å²) in [6, 6.07) is 0. The zero-order chi connectivity index (χ0) is 10.1. The topological polar surface area (TPSA) is 38.1 Å². The predicted molar refractivity (Wildman–Crippen MR) is 52.2 cm³/mol. The molecule has 0 spiro atoms. The van der Waals surface area contributed by atoms with Crippen molar-refractivity contribution >= 4 is 0 Å². The first-order chi connectivity index (χ1) is 5.93. The summed E-state index contributed by atoms with van der Waals surface area (Å²) in [5.74, 6) is 1.20. The Morgan fingerprint density at radius 1 is 1.62 bits per heavy atom. The maximum Gasteiger partial charge on any atom is 0.140 e. The number of rotatable bonds is 3. The molecule has 0 radical (unpaired) electrons. The highest BCUT2D eigenvalue weighted by Crippen LogP contribution is 2.25. The Morgan fingerprint density at radius 2 is 2.23 bits per heavy atom. The summed E-state index contributed by atoms with van der Waals surface area (Å²) in [5, 5.41) is 10.1. The van der Waals surface area contributed by atoms with E-state index in [-0.39, 0.29) is 0 Å². The standard InChI is InChI=1S/C10H18N2O/c1-8(2)7-10(3,13)9-11-5-6-12(9)4/h5-6,8,13H,7H2,1-4H3. The summed E-state index contributed by atoms with van der Waals surface area (Å²) in [6.45, 7) is 6.00. The van der Waals surface area contributed by atoms with Crippen LogP contribution in [0.15, 0.2) is 12.4 Å². The fourth-order valence-corrected chi connectivity index (χ4v) is 1.77. The van der Waals surface area contributed by atoms with Crippen molar-refractivity contribution in [3.05, 3.63) is 18.2 Å². The van der Waals surface area contributed by atoms with Crippen molar-refractivity contribution in [2.75, 3.05) is 0 Å². The van der Waals surface area contributed by atoms with E-state index >= 15 is 0 Å². The molecule has 1 heterocycles. The Bertz CT molecular complexity index is 276. The van der Waals surface area contributed by atoms with Crippen molar-refractivity contribution < 1.29 is 5.11 Å². The number of hydrogen-bond donors (Lipinski definition) is 1. The summed E-state index contributed by atoms with van der Waals surface area (Å²) in [4.78, 5) is 4.15. The maximum absolute atomic E-state index is 10.1. The average molecular weight is 182 g/mol. The molecule has 74 valence electrons.